The summed E-state index contributed by atoms with van der Waals surface area (Å²) >= 11 is 0. The molecular weight excluding hydrogens is 356 g/mol. The fraction of sp³-hybridized carbons (Fsp3) is 0.409. The fourth-order valence-corrected chi connectivity index (χ4v) is 3.83. The molecule has 1 saturated heterocycles. The third-order valence-electron chi connectivity index (χ3n) is 5.22. The first-order valence-corrected chi connectivity index (χ1v) is 9.43. The van der Waals surface area contributed by atoms with Gasteiger partial charge in [0.25, 0.3) is 0 Å². The van der Waals surface area contributed by atoms with Crippen molar-refractivity contribution in [3.05, 3.63) is 47.5 Å². The summed E-state index contributed by atoms with van der Waals surface area (Å²) in [5.74, 6) is 1.95. The van der Waals surface area contributed by atoms with Crippen molar-refractivity contribution in [3.8, 4) is 17.2 Å². The second kappa shape index (κ2) is 8.97. The zero-order chi connectivity index (χ0) is 20.1. The van der Waals surface area contributed by atoms with E-state index in [1.54, 1.807) is 33.5 Å². The first-order chi connectivity index (χ1) is 13.5. The third-order valence-corrected chi connectivity index (χ3v) is 5.22. The molecule has 1 atom stereocenters. The molecule has 0 saturated carbocycles. The molecule has 0 spiro atoms. The van der Waals surface area contributed by atoms with Crippen molar-refractivity contribution in [2.45, 2.75) is 19.3 Å². The molecule has 1 heterocycles. The molecule has 1 amide bonds. The number of rotatable bonds is 7. The van der Waals surface area contributed by atoms with Gasteiger partial charge in [0, 0.05) is 24.4 Å². The van der Waals surface area contributed by atoms with Gasteiger partial charge in [-0.05, 0) is 36.9 Å². The lowest BCUT2D eigenvalue weighted by atomic mass is 9.94. The monoisotopic (exact) mass is 384 g/mol. The SMILES string of the molecule is COc1cc(NC(=O)CN2CCC(c3ccccc3C)C2)cc(OC)c1OC. The minimum Gasteiger partial charge on any atom is -0.493 e. The molecular formula is C22H28N2O4. The molecule has 1 fully saturated rings. The van der Waals surface area contributed by atoms with Crippen LogP contribution in [0.25, 0.3) is 0 Å². The van der Waals surface area contributed by atoms with Crippen molar-refractivity contribution in [2.75, 3.05) is 46.3 Å². The highest BCUT2D eigenvalue weighted by molar-refractivity contribution is 5.93. The number of hydrogen-bond acceptors (Lipinski definition) is 5. The van der Waals surface area contributed by atoms with Crippen LogP contribution >= 0.6 is 0 Å². The van der Waals surface area contributed by atoms with Gasteiger partial charge in [0.2, 0.25) is 11.7 Å². The lowest BCUT2D eigenvalue weighted by Gasteiger charge is -2.18. The number of anilines is 1. The Bertz CT molecular complexity index is 812. The van der Waals surface area contributed by atoms with E-state index in [4.69, 9.17) is 14.2 Å². The standard InChI is InChI=1S/C22H28N2O4/c1-15-7-5-6-8-18(15)16-9-10-24(13-16)14-21(25)23-17-11-19(26-2)22(28-4)20(12-17)27-3/h5-8,11-12,16H,9-10,13-14H2,1-4H3,(H,23,25). The third kappa shape index (κ3) is 4.39. The maximum atomic E-state index is 12.6. The highest BCUT2D eigenvalue weighted by Gasteiger charge is 2.26. The van der Waals surface area contributed by atoms with Crippen LogP contribution < -0.4 is 19.5 Å². The predicted molar refractivity (Wildman–Crippen MR) is 110 cm³/mol. The van der Waals surface area contributed by atoms with E-state index in [2.05, 4.69) is 41.4 Å². The second-order valence-corrected chi connectivity index (χ2v) is 7.04. The maximum Gasteiger partial charge on any atom is 0.238 e. The van der Waals surface area contributed by atoms with Gasteiger partial charge in [0.05, 0.1) is 27.9 Å². The lowest BCUT2D eigenvalue weighted by molar-refractivity contribution is -0.117. The fourth-order valence-electron chi connectivity index (χ4n) is 3.83. The van der Waals surface area contributed by atoms with Crippen LogP contribution in [0.3, 0.4) is 0 Å². The van der Waals surface area contributed by atoms with Crippen LogP contribution in [0, 0.1) is 6.92 Å². The van der Waals surface area contributed by atoms with Gasteiger partial charge in [-0.2, -0.15) is 0 Å². The number of nitrogens with zero attached hydrogens (tertiary/aromatic N) is 1. The Morgan fingerprint density at radius 2 is 1.79 bits per heavy atom. The number of hydrogen-bond donors (Lipinski definition) is 1. The van der Waals surface area contributed by atoms with E-state index < -0.39 is 0 Å². The first kappa shape index (κ1) is 20.0. The number of nitrogens with one attached hydrogen (secondary N) is 1. The average Bonchev–Trinajstić information content (AvgIpc) is 3.15. The van der Waals surface area contributed by atoms with Gasteiger partial charge in [-0.3, -0.25) is 9.69 Å². The van der Waals surface area contributed by atoms with E-state index in [0.29, 0.717) is 35.4 Å². The average molecular weight is 384 g/mol. The molecule has 0 bridgehead atoms. The number of amides is 1. The summed E-state index contributed by atoms with van der Waals surface area (Å²) < 4.78 is 16.0. The van der Waals surface area contributed by atoms with E-state index in [9.17, 15) is 4.79 Å². The summed E-state index contributed by atoms with van der Waals surface area (Å²) in [5.41, 5.74) is 3.32. The highest BCUT2D eigenvalue weighted by atomic mass is 16.5. The summed E-state index contributed by atoms with van der Waals surface area (Å²) in [4.78, 5) is 14.8. The summed E-state index contributed by atoms with van der Waals surface area (Å²) in [6.07, 6.45) is 1.07. The molecule has 0 radical (unpaired) electrons. The molecule has 0 aliphatic carbocycles. The number of aryl methyl sites for hydroxylation is 1. The van der Waals surface area contributed by atoms with Crippen molar-refractivity contribution >= 4 is 11.6 Å². The van der Waals surface area contributed by atoms with E-state index in [1.807, 2.05) is 0 Å². The summed E-state index contributed by atoms with van der Waals surface area (Å²) in [7, 11) is 4.66. The summed E-state index contributed by atoms with van der Waals surface area (Å²) in [6, 6.07) is 12.0. The van der Waals surface area contributed by atoms with E-state index in [0.717, 1.165) is 19.5 Å². The minimum atomic E-state index is -0.0558. The van der Waals surface area contributed by atoms with Crippen LogP contribution in [0.1, 0.15) is 23.5 Å². The molecule has 3 rings (SSSR count). The molecule has 1 aliphatic rings. The number of methoxy groups -OCH3 is 3. The molecule has 1 unspecified atom stereocenters. The Morgan fingerprint density at radius 3 is 2.39 bits per heavy atom. The van der Waals surface area contributed by atoms with Gasteiger partial charge in [-0.1, -0.05) is 24.3 Å². The van der Waals surface area contributed by atoms with Crippen LogP contribution in [0.4, 0.5) is 5.69 Å². The van der Waals surface area contributed by atoms with Crippen LogP contribution in [0.2, 0.25) is 0 Å². The van der Waals surface area contributed by atoms with E-state index in [-0.39, 0.29) is 5.91 Å². The molecule has 0 aromatic heterocycles. The van der Waals surface area contributed by atoms with Crippen LogP contribution in [-0.4, -0.2) is 51.8 Å². The van der Waals surface area contributed by atoms with Crippen LogP contribution in [0.5, 0.6) is 17.2 Å². The first-order valence-electron chi connectivity index (χ1n) is 9.43. The number of likely N-dealkylation sites (tertiary alicyclic amines) is 1. The summed E-state index contributed by atoms with van der Waals surface area (Å²) in [5, 5.41) is 2.94. The normalized spacial score (nSPS) is 16.6. The number of carbonyl (C=O) groups is 1. The van der Waals surface area contributed by atoms with Crippen LogP contribution in [-0.2, 0) is 4.79 Å². The summed E-state index contributed by atoms with van der Waals surface area (Å²) in [6.45, 7) is 4.32. The predicted octanol–water partition coefficient (Wildman–Crippen LogP) is 3.45. The zero-order valence-corrected chi connectivity index (χ0v) is 17.0. The van der Waals surface area contributed by atoms with Gasteiger partial charge in [-0.15, -0.1) is 0 Å². The minimum absolute atomic E-state index is 0.0558. The van der Waals surface area contributed by atoms with Crippen molar-refractivity contribution in [1.29, 1.82) is 0 Å². The number of ether oxygens (including phenoxy) is 3. The number of carbonyl (C=O) groups excluding carboxylic acids is 1. The largest absolute Gasteiger partial charge is 0.493 e. The quantitative estimate of drug-likeness (QED) is 0.792. The van der Waals surface area contributed by atoms with Crippen molar-refractivity contribution < 1.29 is 19.0 Å². The second-order valence-electron chi connectivity index (χ2n) is 7.04. The molecule has 1 N–H and O–H groups in total. The van der Waals surface area contributed by atoms with Gasteiger partial charge >= 0.3 is 0 Å². The van der Waals surface area contributed by atoms with E-state index in [1.165, 1.54) is 11.1 Å². The molecule has 6 nitrogen and oxygen atoms in total. The lowest BCUT2D eigenvalue weighted by Crippen LogP contribution is -2.31. The Kier molecular flexibility index (Phi) is 6.41. The Balaban J connectivity index is 1.63. The van der Waals surface area contributed by atoms with Gasteiger partial charge < -0.3 is 19.5 Å². The van der Waals surface area contributed by atoms with Gasteiger partial charge in [-0.25, -0.2) is 0 Å². The molecule has 6 heteroatoms. The topological polar surface area (TPSA) is 60.0 Å². The molecule has 28 heavy (non-hydrogen) atoms. The Morgan fingerprint density at radius 1 is 1.11 bits per heavy atom. The number of benzene rings is 2. The van der Waals surface area contributed by atoms with Gasteiger partial charge in [0.15, 0.2) is 11.5 Å². The van der Waals surface area contributed by atoms with Crippen molar-refractivity contribution in [2.24, 2.45) is 0 Å². The Hall–Kier alpha value is -2.73. The van der Waals surface area contributed by atoms with Crippen molar-refractivity contribution in [3.63, 3.8) is 0 Å². The molecule has 1 aliphatic heterocycles. The molecule has 150 valence electrons. The molecule has 2 aromatic carbocycles. The van der Waals surface area contributed by atoms with Crippen LogP contribution in [0.15, 0.2) is 36.4 Å². The Labute approximate surface area is 166 Å². The highest BCUT2D eigenvalue weighted by Crippen LogP contribution is 2.40. The van der Waals surface area contributed by atoms with E-state index >= 15 is 0 Å². The smallest absolute Gasteiger partial charge is 0.238 e. The maximum absolute atomic E-state index is 12.6. The van der Waals surface area contributed by atoms with Gasteiger partial charge in [0.1, 0.15) is 0 Å². The zero-order valence-electron chi connectivity index (χ0n) is 17.0. The molecule has 2 aromatic rings. The van der Waals surface area contributed by atoms with Crippen molar-refractivity contribution in [1.82, 2.24) is 4.90 Å².